The van der Waals surface area contributed by atoms with Crippen LogP contribution in [0.4, 0.5) is 0 Å². The Morgan fingerprint density at radius 3 is 2.00 bits per heavy atom. The van der Waals surface area contributed by atoms with Crippen molar-refractivity contribution < 1.29 is 10.2 Å². The third kappa shape index (κ3) is 7.73. The molecule has 2 atom stereocenters. The predicted molar refractivity (Wildman–Crippen MR) is 68.0 cm³/mol. The number of hydrogen-bond acceptors (Lipinski definition) is 2. The van der Waals surface area contributed by atoms with Crippen molar-refractivity contribution in [1.29, 1.82) is 0 Å². The second-order valence-electron chi connectivity index (χ2n) is 5.70. The Bertz CT molecular complexity index is 254. The number of aliphatic hydroxyl groups is 2. The third-order valence-electron chi connectivity index (χ3n) is 2.70. The Labute approximate surface area is 100 Å². The molecule has 0 amide bonds. The summed E-state index contributed by atoms with van der Waals surface area (Å²) in [6.07, 6.45) is 2.44. The van der Waals surface area contributed by atoms with E-state index in [4.69, 9.17) is 0 Å². The molecule has 0 spiro atoms. The van der Waals surface area contributed by atoms with Crippen LogP contribution in [0.5, 0.6) is 0 Å². The highest BCUT2D eigenvalue weighted by molar-refractivity contribution is 5.00. The largest absolute Gasteiger partial charge is 0.390 e. The summed E-state index contributed by atoms with van der Waals surface area (Å²) in [5.41, 5.74) is -1.47. The predicted octanol–water partition coefficient (Wildman–Crippen LogP) is 2.73. The summed E-state index contributed by atoms with van der Waals surface area (Å²) in [7, 11) is 0. The van der Waals surface area contributed by atoms with Gasteiger partial charge >= 0.3 is 0 Å². The molecule has 0 aliphatic heterocycles. The zero-order valence-corrected chi connectivity index (χ0v) is 11.3. The molecule has 0 aromatic rings. The number of rotatable bonds is 6. The van der Waals surface area contributed by atoms with E-state index in [9.17, 15) is 10.2 Å². The highest BCUT2D eigenvalue weighted by Crippen LogP contribution is 2.26. The molecule has 0 radical (unpaired) electrons. The minimum Gasteiger partial charge on any atom is -0.390 e. The van der Waals surface area contributed by atoms with Gasteiger partial charge in [0, 0.05) is 6.42 Å². The first-order valence-corrected chi connectivity index (χ1v) is 6.03. The summed E-state index contributed by atoms with van der Waals surface area (Å²) in [6, 6.07) is 0. The minimum absolute atomic E-state index is 0.468. The Hall–Kier alpha value is -0.520. The Morgan fingerprint density at radius 1 is 1.06 bits per heavy atom. The van der Waals surface area contributed by atoms with E-state index in [1.165, 1.54) is 0 Å². The first-order valence-electron chi connectivity index (χ1n) is 6.03. The van der Waals surface area contributed by atoms with Crippen LogP contribution in [0, 0.1) is 17.8 Å². The lowest BCUT2D eigenvalue weighted by Crippen LogP contribution is -2.32. The second kappa shape index (κ2) is 6.27. The van der Waals surface area contributed by atoms with E-state index in [2.05, 4.69) is 25.7 Å². The molecule has 0 aliphatic carbocycles. The van der Waals surface area contributed by atoms with E-state index < -0.39 is 11.2 Å². The van der Waals surface area contributed by atoms with Gasteiger partial charge in [-0.15, -0.1) is 11.8 Å². The highest BCUT2D eigenvalue weighted by atomic mass is 16.3. The van der Waals surface area contributed by atoms with Gasteiger partial charge in [0.1, 0.15) is 0 Å². The summed E-state index contributed by atoms with van der Waals surface area (Å²) >= 11 is 0. The molecule has 16 heavy (non-hydrogen) atoms. The molecule has 2 nitrogen and oxygen atoms in total. The molecule has 0 bridgehead atoms. The van der Waals surface area contributed by atoms with Gasteiger partial charge < -0.3 is 10.2 Å². The van der Waals surface area contributed by atoms with Crippen LogP contribution in [0.15, 0.2) is 0 Å². The molecule has 94 valence electrons. The summed E-state index contributed by atoms with van der Waals surface area (Å²) in [6.45, 7) is 9.58. The molecule has 0 heterocycles. The molecule has 0 aromatic heterocycles. The van der Waals surface area contributed by atoms with Crippen molar-refractivity contribution in [3.63, 3.8) is 0 Å². The van der Waals surface area contributed by atoms with Gasteiger partial charge in [-0.05, 0) is 46.0 Å². The van der Waals surface area contributed by atoms with E-state index in [1.807, 2.05) is 6.92 Å². The smallest absolute Gasteiger partial charge is 0.0729 e. The van der Waals surface area contributed by atoms with Gasteiger partial charge in [0.15, 0.2) is 0 Å². The van der Waals surface area contributed by atoms with Crippen molar-refractivity contribution in [3.05, 3.63) is 0 Å². The van der Waals surface area contributed by atoms with Crippen molar-refractivity contribution in [1.82, 2.24) is 0 Å². The Kier molecular flexibility index (Phi) is 6.07. The van der Waals surface area contributed by atoms with E-state index in [-0.39, 0.29) is 0 Å². The van der Waals surface area contributed by atoms with Crippen LogP contribution in [0.25, 0.3) is 0 Å². The molecule has 2 heteroatoms. The lowest BCUT2D eigenvalue weighted by Gasteiger charge is -2.29. The molecule has 0 saturated heterocycles. The molecule has 0 rings (SSSR count). The lowest BCUT2D eigenvalue weighted by atomic mass is 9.85. The van der Waals surface area contributed by atoms with Crippen molar-refractivity contribution in [3.8, 4) is 11.8 Å². The van der Waals surface area contributed by atoms with E-state index in [0.717, 1.165) is 6.42 Å². The topological polar surface area (TPSA) is 40.5 Å². The van der Waals surface area contributed by atoms with Crippen LogP contribution >= 0.6 is 0 Å². The van der Waals surface area contributed by atoms with Crippen LogP contribution in [0.1, 0.15) is 60.3 Å². The standard InChI is InChI=1S/C14H26O2/c1-6-7-8-13(4,15)9-10-14(5,16)11-12(2)3/h12,15-16H,8-11H2,1-5H3. The van der Waals surface area contributed by atoms with Crippen molar-refractivity contribution >= 4 is 0 Å². The minimum atomic E-state index is -0.788. The fourth-order valence-electron chi connectivity index (χ4n) is 1.89. The van der Waals surface area contributed by atoms with Crippen LogP contribution in [0.2, 0.25) is 0 Å². The van der Waals surface area contributed by atoms with Gasteiger partial charge in [-0.3, -0.25) is 0 Å². The van der Waals surface area contributed by atoms with Crippen LogP contribution in [-0.2, 0) is 0 Å². The molecule has 0 saturated carbocycles. The zero-order chi connectivity index (χ0) is 12.8. The maximum absolute atomic E-state index is 10.1. The van der Waals surface area contributed by atoms with Crippen LogP contribution in [0.3, 0.4) is 0 Å². The molecule has 0 fully saturated rings. The Morgan fingerprint density at radius 2 is 1.56 bits per heavy atom. The van der Waals surface area contributed by atoms with Gasteiger partial charge in [-0.2, -0.15) is 0 Å². The average Bonchev–Trinajstić information content (AvgIpc) is 2.10. The first kappa shape index (κ1) is 15.5. The van der Waals surface area contributed by atoms with E-state index in [1.54, 1.807) is 13.8 Å². The normalized spacial score (nSPS) is 18.5. The van der Waals surface area contributed by atoms with Crippen LogP contribution < -0.4 is 0 Å². The molecular formula is C14H26O2. The van der Waals surface area contributed by atoms with Gasteiger partial charge in [0.25, 0.3) is 0 Å². The molecule has 0 aliphatic rings. The SMILES string of the molecule is CC#CCC(C)(O)CCC(C)(O)CC(C)C. The molecule has 2 N–H and O–H groups in total. The maximum Gasteiger partial charge on any atom is 0.0729 e. The molecular weight excluding hydrogens is 200 g/mol. The zero-order valence-electron chi connectivity index (χ0n) is 11.3. The molecule has 2 unspecified atom stereocenters. The van der Waals surface area contributed by atoms with Crippen LogP contribution in [-0.4, -0.2) is 21.4 Å². The van der Waals surface area contributed by atoms with E-state index >= 15 is 0 Å². The van der Waals surface area contributed by atoms with Gasteiger partial charge in [-0.1, -0.05) is 13.8 Å². The summed E-state index contributed by atoms with van der Waals surface area (Å²) in [4.78, 5) is 0. The maximum atomic E-state index is 10.1. The second-order valence-corrected chi connectivity index (χ2v) is 5.70. The number of hydrogen-bond donors (Lipinski definition) is 2. The fourth-order valence-corrected chi connectivity index (χ4v) is 1.89. The van der Waals surface area contributed by atoms with Gasteiger partial charge in [0.2, 0.25) is 0 Å². The van der Waals surface area contributed by atoms with Crippen molar-refractivity contribution in [2.45, 2.75) is 71.5 Å². The van der Waals surface area contributed by atoms with Gasteiger partial charge in [-0.25, -0.2) is 0 Å². The first-order chi connectivity index (χ1) is 7.18. The fraction of sp³-hybridized carbons (Fsp3) is 0.857. The van der Waals surface area contributed by atoms with Gasteiger partial charge in [0.05, 0.1) is 11.2 Å². The quantitative estimate of drug-likeness (QED) is 0.684. The summed E-state index contributed by atoms with van der Waals surface area (Å²) in [5.74, 6) is 6.13. The Balaban J connectivity index is 4.14. The molecule has 0 aromatic carbocycles. The van der Waals surface area contributed by atoms with Crippen molar-refractivity contribution in [2.24, 2.45) is 5.92 Å². The monoisotopic (exact) mass is 226 g/mol. The third-order valence-corrected chi connectivity index (χ3v) is 2.70. The summed E-state index contributed by atoms with van der Waals surface area (Å²) in [5, 5.41) is 20.2. The summed E-state index contributed by atoms with van der Waals surface area (Å²) < 4.78 is 0. The van der Waals surface area contributed by atoms with Crippen molar-refractivity contribution in [2.75, 3.05) is 0 Å². The average molecular weight is 226 g/mol. The highest BCUT2D eigenvalue weighted by Gasteiger charge is 2.27. The lowest BCUT2D eigenvalue weighted by molar-refractivity contribution is -0.0109. The van der Waals surface area contributed by atoms with E-state index in [0.29, 0.717) is 25.2 Å².